The van der Waals surface area contributed by atoms with Crippen molar-refractivity contribution in [1.82, 2.24) is 0 Å². The Balaban J connectivity index is 2.59. The van der Waals surface area contributed by atoms with E-state index in [1.165, 1.54) is 22.3 Å². The summed E-state index contributed by atoms with van der Waals surface area (Å²) >= 11 is 6.24. The summed E-state index contributed by atoms with van der Waals surface area (Å²) in [4.78, 5) is 0. The number of nitrogens with two attached hydrogens (primary N) is 1. The predicted molar refractivity (Wildman–Crippen MR) is 79.0 cm³/mol. The van der Waals surface area contributed by atoms with Crippen LogP contribution in [-0.2, 0) is 6.54 Å². The molecule has 0 aliphatic carbocycles. The van der Waals surface area contributed by atoms with Gasteiger partial charge in [0.05, 0.1) is 0 Å². The summed E-state index contributed by atoms with van der Waals surface area (Å²) in [5.74, 6) is 0. The van der Waals surface area contributed by atoms with E-state index in [-0.39, 0.29) is 0 Å². The number of hydrogen-bond acceptors (Lipinski definition) is 1. The number of benzene rings is 2. The largest absolute Gasteiger partial charge is 0.326 e. The zero-order valence-electron chi connectivity index (χ0n) is 11.0. The third kappa shape index (κ3) is 2.43. The first-order valence-electron chi connectivity index (χ1n) is 6.09. The first-order chi connectivity index (χ1) is 8.52. The standard InChI is InChI=1S/C16H18ClN/c1-10-6-11(2)16(12(3)7-10)13-4-5-14(9-18)15(17)8-13/h4-8H,9,18H2,1-3H3. The normalized spacial score (nSPS) is 10.7. The molecule has 1 nitrogen and oxygen atoms in total. The molecule has 2 aromatic carbocycles. The number of aryl methyl sites for hydroxylation is 3. The fourth-order valence-electron chi connectivity index (χ4n) is 2.50. The molecule has 0 atom stereocenters. The zero-order chi connectivity index (χ0) is 13.3. The van der Waals surface area contributed by atoms with Crippen LogP contribution in [0.2, 0.25) is 5.02 Å². The highest BCUT2D eigenvalue weighted by Crippen LogP contribution is 2.31. The lowest BCUT2D eigenvalue weighted by Gasteiger charge is -2.13. The molecule has 0 unspecified atom stereocenters. The van der Waals surface area contributed by atoms with Gasteiger partial charge in [-0.3, -0.25) is 0 Å². The van der Waals surface area contributed by atoms with Crippen LogP contribution >= 0.6 is 11.6 Å². The van der Waals surface area contributed by atoms with Crippen molar-refractivity contribution in [2.75, 3.05) is 0 Å². The van der Waals surface area contributed by atoms with Crippen molar-refractivity contribution in [3.05, 3.63) is 57.6 Å². The minimum Gasteiger partial charge on any atom is -0.326 e. The number of hydrogen-bond donors (Lipinski definition) is 1. The first-order valence-corrected chi connectivity index (χ1v) is 6.47. The average molecular weight is 260 g/mol. The summed E-state index contributed by atoms with van der Waals surface area (Å²) in [5.41, 5.74) is 12.9. The molecule has 18 heavy (non-hydrogen) atoms. The quantitative estimate of drug-likeness (QED) is 0.850. The molecule has 0 spiro atoms. The molecule has 2 N–H and O–H groups in total. The Bertz CT molecular complexity index is 565. The Kier molecular flexibility index (Phi) is 3.74. The summed E-state index contributed by atoms with van der Waals surface area (Å²) in [6, 6.07) is 10.5. The van der Waals surface area contributed by atoms with Crippen LogP contribution in [0.4, 0.5) is 0 Å². The Morgan fingerprint density at radius 3 is 2.11 bits per heavy atom. The van der Waals surface area contributed by atoms with Crippen LogP contribution in [0.3, 0.4) is 0 Å². The third-order valence-electron chi connectivity index (χ3n) is 3.24. The maximum Gasteiger partial charge on any atom is 0.0457 e. The van der Waals surface area contributed by atoms with E-state index < -0.39 is 0 Å². The van der Waals surface area contributed by atoms with E-state index in [9.17, 15) is 0 Å². The van der Waals surface area contributed by atoms with Gasteiger partial charge in [-0.15, -0.1) is 0 Å². The van der Waals surface area contributed by atoms with Gasteiger partial charge in [0.25, 0.3) is 0 Å². The molecule has 0 heterocycles. The van der Waals surface area contributed by atoms with Crippen LogP contribution in [0.25, 0.3) is 11.1 Å². The highest BCUT2D eigenvalue weighted by Gasteiger charge is 2.08. The smallest absolute Gasteiger partial charge is 0.0457 e. The van der Waals surface area contributed by atoms with Crippen LogP contribution in [-0.4, -0.2) is 0 Å². The van der Waals surface area contributed by atoms with Gasteiger partial charge in [0, 0.05) is 11.6 Å². The number of halogens is 1. The van der Waals surface area contributed by atoms with Crippen molar-refractivity contribution in [3.63, 3.8) is 0 Å². The zero-order valence-corrected chi connectivity index (χ0v) is 11.8. The molecule has 94 valence electrons. The monoisotopic (exact) mass is 259 g/mol. The van der Waals surface area contributed by atoms with Crippen LogP contribution in [0.1, 0.15) is 22.3 Å². The van der Waals surface area contributed by atoms with E-state index in [2.05, 4.69) is 39.0 Å². The summed E-state index contributed by atoms with van der Waals surface area (Å²) in [7, 11) is 0. The summed E-state index contributed by atoms with van der Waals surface area (Å²) in [6.07, 6.45) is 0. The van der Waals surface area contributed by atoms with Gasteiger partial charge in [0.1, 0.15) is 0 Å². The SMILES string of the molecule is Cc1cc(C)c(-c2ccc(CN)c(Cl)c2)c(C)c1. The molecule has 0 saturated heterocycles. The second kappa shape index (κ2) is 5.13. The molecule has 0 aromatic heterocycles. The summed E-state index contributed by atoms with van der Waals surface area (Å²) < 4.78 is 0. The van der Waals surface area contributed by atoms with Crippen molar-refractivity contribution in [2.45, 2.75) is 27.3 Å². The average Bonchev–Trinajstić information content (AvgIpc) is 2.27. The van der Waals surface area contributed by atoms with Gasteiger partial charge in [-0.1, -0.05) is 41.4 Å². The van der Waals surface area contributed by atoms with Crippen molar-refractivity contribution in [1.29, 1.82) is 0 Å². The molecule has 0 aliphatic rings. The Morgan fingerprint density at radius 2 is 1.61 bits per heavy atom. The second-order valence-corrected chi connectivity index (χ2v) is 5.19. The Hall–Kier alpha value is -1.31. The summed E-state index contributed by atoms with van der Waals surface area (Å²) in [5, 5.41) is 0.745. The molecular formula is C16H18ClN. The molecule has 0 amide bonds. The van der Waals surface area contributed by atoms with Crippen molar-refractivity contribution in [2.24, 2.45) is 5.73 Å². The molecule has 2 rings (SSSR count). The van der Waals surface area contributed by atoms with Crippen LogP contribution in [0.15, 0.2) is 30.3 Å². The van der Waals surface area contributed by atoms with Gasteiger partial charge in [-0.05, 0) is 54.7 Å². The van der Waals surface area contributed by atoms with Gasteiger partial charge in [-0.2, -0.15) is 0 Å². The molecule has 0 aliphatic heterocycles. The van der Waals surface area contributed by atoms with E-state index >= 15 is 0 Å². The highest BCUT2D eigenvalue weighted by molar-refractivity contribution is 6.31. The Morgan fingerprint density at radius 1 is 1.00 bits per heavy atom. The van der Waals surface area contributed by atoms with Gasteiger partial charge in [0.15, 0.2) is 0 Å². The highest BCUT2D eigenvalue weighted by atomic mass is 35.5. The lowest BCUT2D eigenvalue weighted by atomic mass is 9.93. The maximum atomic E-state index is 6.24. The van der Waals surface area contributed by atoms with Crippen molar-refractivity contribution < 1.29 is 0 Å². The van der Waals surface area contributed by atoms with Crippen LogP contribution in [0, 0.1) is 20.8 Å². The molecule has 0 radical (unpaired) electrons. The lowest BCUT2D eigenvalue weighted by molar-refractivity contribution is 1.07. The Labute approximate surface area is 114 Å². The molecule has 2 heteroatoms. The van der Waals surface area contributed by atoms with Gasteiger partial charge >= 0.3 is 0 Å². The third-order valence-corrected chi connectivity index (χ3v) is 3.59. The summed E-state index contributed by atoms with van der Waals surface area (Å²) in [6.45, 7) is 6.87. The van der Waals surface area contributed by atoms with Crippen LogP contribution in [0.5, 0.6) is 0 Å². The van der Waals surface area contributed by atoms with Gasteiger partial charge < -0.3 is 5.73 Å². The first kappa shape index (κ1) is 13.1. The topological polar surface area (TPSA) is 26.0 Å². The minimum absolute atomic E-state index is 0.477. The fraction of sp³-hybridized carbons (Fsp3) is 0.250. The van der Waals surface area contributed by atoms with E-state index in [0.29, 0.717) is 6.54 Å². The second-order valence-electron chi connectivity index (χ2n) is 4.78. The predicted octanol–water partition coefficient (Wildman–Crippen LogP) is 4.39. The molecular weight excluding hydrogens is 242 g/mol. The number of rotatable bonds is 2. The van der Waals surface area contributed by atoms with Crippen LogP contribution < -0.4 is 5.73 Å². The lowest BCUT2D eigenvalue weighted by Crippen LogP contribution is -1.97. The van der Waals surface area contributed by atoms with Gasteiger partial charge in [-0.25, -0.2) is 0 Å². The molecule has 2 aromatic rings. The molecule has 0 fully saturated rings. The van der Waals surface area contributed by atoms with E-state index in [1.54, 1.807) is 0 Å². The van der Waals surface area contributed by atoms with E-state index in [4.69, 9.17) is 17.3 Å². The van der Waals surface area contributed by atoms with Gasteiger partial charge in [0.2, 0.25) is 0 Å². The maximum absolute atomic E-state index is 6.24. The fourth-order valence-corrected chi connectivity index (χ4v) is 2.76. The van der Waals surface area contributed by atoms with E-state index in [1.807, 2.05) is 12.1 Å². The minimum atomic E-state index is 0.477. The molecule has 0 saturated carbocycles. The molecule has 0 bridgehead atoms. The van der Waals surface area contributed by atoms with Crippen molar-refractivity contribution >= 4 is 11.6 Å². The van der Waals surface area contributed by atoms with E-state index in [0.717, 1.165) is 16.1 Å². The van der Waals surface area contributed by atoms with Crippen molar-refractivity contribution in [3.8, 4) is 11.1 Å².